The van der Waals surface area contributed by atoms with Gasteiger partial charge < -0.3 is 37.2 Å². The molecule has 0 aliphatic rings. The van der Waals surface area contributed by atoms with Crippen molar-refractivity contribution in [2.24, 2.45) is 0 Å². The maximum atomic E-state index is 0. The summed E-state index contributed by atoms with van der Waals surface area (Å²) in [4.78, 5) is 0. The minimum atomic E-state index is 0. The summed E-state index contributed by atoms with van der Waals surface area (Å²) in [5.41, 5.74) is 0. The third-order valence-corrected chi connectivity index (χ3v) is 0. The summed E-state index contributed by atoms with van der Waals surface area (Å²) in [6, 6.07) is 0. The fourth-order valence-electron chi connectivity index (χ4n) is 0. The zero-order chi connectivity index (χ0) is 0. The number of hydrogen-bond acceptors (Lipinski definition) is 0. The van der Waals surface area contributed by atoms with Gasteiger partial charge >= 0.3 is 78.7 Å². The average Bonchev–Trinajstić information content (AvgIpc) is 0. The largest absolute Gasteiger partial charge is 2.00 e. The standard InChI is InChI=1S/Cd.3ClH.K/h;3*1H;/q+2;;;;+1/p-3. The van der Waals surface area contributed by atoms with E-state index in [4.69, 9.17) is 0 Å². The van der Waals surface area contributed by atoms with Crippen LogP contribution in [-0.2, 0) is 27.3 Å². The predicted octanol–water partition coefficient (Wildman–Crippen LogP) is -12.0. The Morgan fingerprint density at radius 2 is 0.600 bits per heavy atom. The van der Waals surface area contributed by atoms with Crippen molar-refractivity contribution in [1.29, 1.82) is 0 Å². The Hall–Kier alpha value is 3.43. The Morgan fingerprint density at radius 1 is 0.600 bits per heavy atom. The average molecular weight is 258 g/mol. The summed E-state index contributed by atoms with van der Waals surface area (Å²) in [6.45, 7) is 0. The molecule has 0 heterocycles. The van der Waals surface area contributed by atoms with E-state index in [1.165, 1.54) is 0 Å². The van der Waals surface area contributed by atoms with Crippen molar-refractivity contribution in [3.63, 3.8) is 0 Å². The Bertz CT molecular complexity index is 6.85. The smallest absolute Gasteiger partial charge is 1.00 e. The van der Waals surface area contributed by atoms with Gasteiger partial charge in [-0.15, -0.1) is 0 Å². The van der Waals surface area contributed by atoms with Crippen LogP contribution in [0.15, 0.2) is 0 Å². The second-order valence-electron chi connectivity index (χ2n) is 0. The predicted molar refractivity (Wildman–Crippen MR) is 0 cm³/mol. The first kappa shape index (κ1) is 39.6. The quantitative estimate of drug-likeness (QED) is 0.378. The molecular formula is CdCl3K. The van der Waals surface area contributed by atoms with Gasteiger partial charge in [0.15, 0.2) is 0 Å². The first-order valence-corrected chi connectivity index (χ1v) is 0. The third kappa shape index (κ3) is 18.6. The van der Waals surface area contributed by atoms with Gasteiger partial charge in [0.2, 0.25) is 0 Å². The summed E-state index contributed by atoms with van der Waals surface area (Å²) in [7, 11) is 0. The molecule has 5 heavy (non-hydrogen) atoms. The first-order valence-electron chi connectivity index (χ1n) is 0. The monoisotopic (exact) mass is 258 g/mol. The molecule has 0 spiro atoms. The van der Waals surface area contributed by atoms with Gasteiger partial charge in [0.25, 0.3) is 0 Å². The van der Waals surface area contributed by atoms with Gasteiger partial charge in [0.05, 0.1) is 0 Å². The second kappa shape index (κ2) is 26.1. The molecule has 0 unspecified atom stereocenters. The molecule has 0 amide bonds. The van der Waals surface area contributed by atoms with Crippen molar-refractivity contribution in [3.8, 4) is 0 Å². The van der Waals surface area contributed by atoms with E-state index in [1.807, 2.05) is 0 Å². The molecule has 0 rings (SSSR count). The molecule has 5 heteroatoms. The molecule has 0 N–H and O–H groups in total. The molecule has 0 aliphatic heterocycles. The van der Waals surface area contributed by atoms with Gasteiger partial charge in [-0.2, -0.15) is 0 Å². The van der Waals surface area contributed by atoms with Gasteiger partial charge in [-0.25, -0.2) is 0 Å². The minimum absolute atomic E-state index is 0. The van der Waals surface area contributed by atoms with Crippen molar-refractivity contribution in [1.82, 2.24) is 0 Å². The van der Waals surface area contributed by atoms with Crippen LogP contribution in [0, 0.1) is 0 Å². The van der Waals surface area contributed by atoms with Crippen LogP contribution in [0.4, 0.5) is 0 Å². The summed E-state index contributed by atoms with van der Waals surface area (Å²) < 4.78 is 0. The van der Waals surface area contributed by atoms with Crippen LogP contribution in [-0.4, -0.2) is 0 Å². The molecule has 0 aliphatic carbocycles. The molecule has 0 nitrogen and oxygen atoms in total. The number of hydrogen-bond donors (Lipinski definition) is 0. The van der Waals surface area contributed by atoms with Crippen LogP contribution >= 0.6 is 0 Å². The molecular weight excluding hydrogens is 258 g/mol. The maximum absolute atomic E-state index is 0. The fraction of sp³-hybridized carbons (Fsp3) is 0. The van der Waals surface area contributed by atoms with E-state index in [0.717, 1.165) is 0 Å². The van der Waals surface area contributed by atoms with Crippen molar-refractivity contribution in [2.45, 2.75) is 0 Å². The molecule has 0 saturated heterocycles. The Balaban J connectivity index is 0. The van der Waals surface area contributed by atoms with Gasteiger partial charge in [-0.05, 0) is 0 Å². The van der Waals surface area contributed by atoms with E-state index < -0.39 is 0 Å². The molecule has 0 radical (unpaired) electrons. The molecule has 0 saturated carbocycles. The fourth-order valence-corrected chi connectivity index (χ4v) is 0. The van der Waals surface area contributed by atoms with Crippen LogP contribution in [0.5, 0.6) is 0 Å². The topological polar surface area (TPSA) is 0 Å². The summed E-state index contributed by atoms with van der Waals surface area (Å²) in [6.07, 6.45) is 0. The SMILES string of the molecule is [Cd+2].[Cl-].[Cl-].[Cl-].[K+]. The van der Waals surface area contributed by atoms with Crippen molar-refractivity contribution in [2.75, 3.05) is 0 Å². The van der Waals surface area contributed by atoms with Gasteiger partial charge in [-0.3, -0.25) is 0 Å². The summed E-state index contributed by atoms with van der Waals surface area (Å²) >= 11 is 0. The summed E-state index contributed by atoms with van der Waals surface area (Å²) in [5, 5.41) is 0. The zero-order valence-corrected chi connectivity index (χ0v) is 12.3. The zero-order valence-electron chi connectivity index (χ0n) is 2.84. The normalized spacial score (nSPS) is 0. The van der Waals surface area contributed by atoms with Crippen LogP contribution in [0.1, 0.15) is 0 Å². The van der Waals surface area contributed by atoms with E-state index in [0.29, 0.717) is 0 Å². The number of rotatable bonds is 0. The number of halogens is 3. The third-order valence-electron chi connectivity index (χ3n) is 0. The Labute approximate surface area is 113 Å². The van der Waals surface area contributed by atoms with Crippen molar-refractivity contribution in [3.05, 3.63) is 0 Å². The molecule has 0 aromatic carbocycles. The van der Waals surface area contributed by atoms with E-state index in [1.54, 1.807) is 0 Å². The molecule has 0 aromatic rings. The van der Waals surface area contributed by atoms with Crippen LogP contribution in [0.25, 0.3) is 0 Å². The van der Waals surface area contributed by atoms with Crippen molar-refractivity contribution >= 4 is 0 Å². The molecule has 0 bridgehead atoms. The van der Waals surface area contributed by atoms with Gasteiger partial charge in [0.1, 0.15) is 0 Å². The molecule has 0 fully saturated rings. The molecule has 0 aromatic heterocycles. The molecule has 24 valence electrons. The van der Waals surface area contributed by atoms with Gasteiger partial charge in [-0.1, -0.05) is 0 Å². The van der Waals surface area contributed by atoms with Crippen LogP contribution in [0.3, 0.4) is 0 Å². The second-order valence-corrected chi connectivity index (χ2v) is 0. The Morgan fingerprint density at radius 3 is 0.600 bits per heavy atom. The summed E-state index contributed by atoms with van der Waals surface area (Å²) in [5.74, 6) is 0. The maximum Gasteiger partial charge on any atom is 2.00 e. The van der Waals surface area contributed by atoms with E-state index in [-0.39, 0.29) is 116 Å². The van der Waals surface area contributed by atoms with E-state index >= 15 is 0 Å². The van der Waals surface area contributed by atoms with Crippen LogP contribution in [0.2, 0.25) is 0 Å². The van der Waals surface area contributed by atoms with Crippen LogP contribution < -0.4 is 88.6 Å². The first-order chi connectivity index (χ1) is 0. The van der Waals surface area contributed by atoms with Gasteiger partial charge in [0, 0.05) is 0 Å². The van der Waals surface area contributed by atoms with E-state index in [9.17, 15) is 0 Å². The van der Waals surface area contributed by atoms with E-state index in [2.05, 4.69) is 0 Å². The Kier molecular flexibility index (Phi) is 207. The molecule has 0 atom stereocenters. The minimum Gasteiger partial charge on any atom is -1.00 e. The van der Waals surface area contributed by atoms with Crippen molar-refractivity contribution < 1.29 is 116 Å².